The second-order valence-electron chi connectivity index (χ2n) is 9.64. The van der Waals surface area contributed by atoms with Gasteiger partial charge in [-0.25, -0.2) is 9.97 Å². The summed E-state index contributed by atoms with van der Waals surface area (Å²) in [5.74, 6) is 1.23. The molecule has 7 heteroatoms. The number of rotatable bonds is 9. The highest BCUT2D eigenvalue weighted by Gasteiger charge is 2.23. The summed E-state index contributed by atoms with van der Waals surface area (Å²) in [6.07, 6.45) is 6.07. The summed E-state index contributed by atoms with van der Waals surface area (Å²) in [4.78, 5) is 22.0. The van der Waals surface area contributed by atoms with E-state index in [2.05, 4.69) is 58.5 Å². The number of carbonyl (C=O) groups is 1. The van der Waals surface area contributed by atoms with Gasteiger partial charge in [0.2, 0.25) is 0 Å². The zero-order valence-electron chi connectivity index (χ0n) is 20.5. The van der Waals surface area contributed by atoms with Crippen LogP contribution in [0.5, 0.6) is 0 Å². The molecule has 0 radical (unpaired) electrons. The monoisotopic (exact) mass is 468 g/mol. The van der Waals surface area contributed by atoms with E-state index in [1.807, 2.05) is 43.7 Å². The number of imidazole rings is 1. The number of nitrogens with zero attached hydrogens (tertiary/aromatic N) is 3. The Bertz CT molecular complexity index is 1320. The van der Waals surface area contributed by atoms with Crippen molar-refractivity contribution in [1.29, 1.82) is 0 Å². The number of nitrogens with one attached hydrogen (secondary N) is 3. The molecule has 1 amide bonds. The minimum absolute atomic E-state index is 0.00873. The second-order valence-corrected chi connectivity index (χ2v) is 9.64. The van der Waals surface area contributed by atoms with Gasteiger partial charge in [-0.2, -0.15) is 0 Å². The van der Waals surface area contributed by atoms with Crippen molar-refractivity contribution >= 4 is 17.4 Å². The largest absolute Gasteiger partial charge is 0.367 e. The Morgan fingerprint density at radius 2 is 1.77 bits per heavy atom. The molecule has 0 unspecified atom stereocenters. The van der Waals surface area contributed by atoms with E-state index in [0.29, 0.717) is 17.5 Å². The Morgan fingerprint density at radius 1 is 1.06 bits per heavy atom. The van der Waals surface area contributed by atoms with Crippen LogP contribution in [0.2, 0.25) is 0 Å². The maximum Gasteiger partial charge on any atom is 0.251 e. The van der Waals surface area contributed by atoms with E-state index in [0.717, 1.165) is 59.9 Å². The van der Waals surface area contributed by atoms with Crippen LogP contribution in [0.1, 0.15) is 42.6 Å². The third-order valence-electron chi connectivity index (χ3n) is 6.16. The molecule has 0 aliphatic heterocycles. The van der Waals surface area contributed by atoms with Gasteiger partial charge in [0.1, 0.15) is 0 Å². The van der Waals surface area contributed by atoms with Gasteiger partial charge in [-0.3, -0.25) is 9.20 Å². The second kappa shape index (κ2) is 9.88. The first-order valence-electron chi connectivity index (χ1n) is 12.3. The van der Waals surface area contributed by atoms with Crippen molar-refractivity contribution in [2.45, 2.75) is 39.3 Å². The lowest BCUT2D eigenvalue weighted by Gasteiger charge is -2.13. The number of carbonyl (C=O) groups excluding carboxylic acids is 1. The fraction of sp³-hybridized carbons (Fsp3) is 0.321. The van der Waals surface area contributed by atoms with Crippen molar-refractivity contribution in [3.8, 4) is 22.5 Å². The quantitative estimate of drug-likeness (QED) is 0.330. The fourth-order valence-corrected chi connectivity index (χ4v) is 4.05. The molecule has 2 aromatic heterocycles. The molecule has 0 spiro atoms. The Balaban J connectivity index is 1.52. The predicted octanol–water partition coefficient (Wildman–Crippen LogP) is 4.74. The number of amides is 1. The third kappa shape index (κ3) is 5.20. The molecular formula is C28H32N6O. The molecule has 0 bridgehead atoms. The highest BCUT2D eigenvalue weighted by molar-refractivity contribution is 5.95. The third-order valence-corrected chi connectivity index (χ3v) is 6.16. The van der Waals surface area contributed by atoms with Crippen LogP contribution in [0, 0.1) is 5.92 Å². The molecule has 1 aliphatic rings. The van der Waals surface area contributed by atoms with Crippen LogP contribution in [0.15, 0.2) is 60.9 Å². The van der Waals surface area contributed by atoms with E-state index in [9.17, 15) is 4.79 Å². The van der Waals surface area contributed by atoms with Crippen molar-refractivity contribution in [1.82, 2.24) is 25.0 Å². The maximum atomic E-state index is 12.4. The van der Waals surface area contributed by atoms with Crippen LogP contribution in [0.25, 0.3) is 28.2 Å². The SMILES string of the molecule is CNCc1ccc(-c2cn3c(-c4ccc(C(=O)NC5CC5)cc4)cnc3c(NCC(C)C)n2)cc1. The highest BCUT2D eigenvalue weighted by Crippen LogP contribution is 2.28. The molecule has 5 rings (SSSR count). The number of fused-ring (bicyclic) bond motifs is 1. The van der Waals surface area contributed by atoms with E-state index in [1.54, 1.807) is 0 Å². The lowest BCUT2D eigenvalue weighted by molar-refractivity contribution is 0.0951. The van der Waals surface area contributed by atoms with Crippen LogP contribution in [0.4, 0.5) is 5.82 Å². The summed E-state index contributed by atoms with van der Waals surface area (Å²) < 4.78 is 2.09. The molecule has 1 fully saturated rings. The van der Waals surface area contributed by atoms with Gasteiger partial charge in [-0.15, -0.1) is 0 Å². The molecule has 0 atom stereocenters. The van der Waals surface area contributed by atoms with Crippen LogP contribution >= 0.6 is 0 Å². The minimum Gasteiger partial charge on any atom is -0.367 e. The van der Waals surface area contributed by atoms with Crippen molar-refractivity contribution in [2.24, 2.45) is 5.92 Å². The number of anilines is 1. The van der Waals surface area contributed by atoms with E-state index < -0.39 is 0 Å². The summed E-state index contributed by atoms with van der Waals surface area (Å²) in [6, 6.07) is 16.5. The fourth-order valence-electron chi connectivity index (χ4n) is 4.05. The molecule has 0 saturated heterocycles. The molecule has 2 aromatic carbocycles. The van der Waals surface area contributed by atoms with Crippen molar-refractivity contribution < 1.29 is 4.79 Å². The van der Waals surface area contributed by atoms with Gasteiger partial charge in [0.05, 0.1) is 17.6 Å². The maximum absolute atomic E-state index is 12.4. The lowest BCUT2D eigenvalue weighted by Crippen LogP contribution is -2.25. The van der Waals surface area contributed by atoms with Gasteiger partial charge < -0.3 is 16.0 Å². The number of benzene rings is 2. The van der Waals surface area contributed by atoms with Gasteiger partial charge in [0.15, 0.2) is 11.5 Å². The minimum atomic E-state index is -0.00873. The van der Waals surface area contributed by atoms with E-state index >= 15 is 0 Å². The van der Waals surface area contributed by atoms with E-state index in [-0.39, 0.29) is 5.91 Å². The molecule has 180 valence electrons. The zero-order chi connectivity index (χ0) is 24.4. The molecule has 4 aromatic rings. The van der Waals surface area contributed by atoms with Crippen LogP contribution in [-0.4, -0.2) is 39.9 Å². The van der Waals surface area contributed by atoms with Crippen LogP contribution < -0.4 is 16.0 Å². The summed E-state index contributed by atoms with van der Waals surface area (Å²) in [7, 11) is 1.95. The molecule has 1 aliphatic carbocycles. The molecule has 7 nitrogen and oxygen atoms in total. The van der Waals surface area contributed by atoms with Crippen molar-refractivity contribution in [3.63, 3.8) is 0 Å². The summed E-state index contributed by atoms with van der Waals surface area (Å²) in [5.41, 5.74) is 6.56. The summed E-state index contributed by atoms with van der Waals surface area (Å²) in [5, 5.41) is 9.72. The lowest BCUT2D eigenvalue weighted by atomic mass is 10.1. The highest BCUT2D eigenvalue weighted by atomic mass is 16.1. The Labute approximate surface area is 206 Å². The molecular weight excluding hydrogens is 436 g/mol. The first-order valence-corrected chi connectivity index (χ1v) is 12.3. The summed E-state index contributed by atoms with van der Waals surface area (Å²) >= 11 is 0. The average Bonchev–Trinajstić information content (AvgIpc) is 3.58. The number of aromatic nitrogens is 3. The van der Waals surface area contributed by atoms with E-state index in [1.165, 1.54) is 5.56 Å². The normalized spacial score (nSPS) is 13.4. The average molecular weight is 469 g/mol. The van der Waals surface area contributed by atoms with Gasteiger partial charge in [-0.05, 0) is 43.5 Å². The first kappa shape index (κ1) is 23.1. The first-order chi connectivity index (χ1) is 17.0. The molecule has 1 saturated carbocycles. The standard InChI is InChI=1S/C28H32N6O/c1-18(2)14-30-26-27-31-16-25(21-8-10-22(11-9-21)28(35)32-23-12-13-23)34(27)17-24(33-26)20-6-4-19(5-7-20)15-29-3/h4-11,16-18,23,29H,12-15H2,1-3H3,(H,30,33)(H,32,35). The Hall–Kier alpha value is -3.71. The van der Waals surface area contributed by atoms with Gasteiger partial charge >= 0.3 is 0 Å². The van der Waals surface area contributed by atoms with Gasteiger partial charge in [0.25, 0.3) is 5.91 Å². The van der Waals surface area contributed by atoms with Gasteiger partial charge in [0, 0.05) is 42.0 Å². The zero-order valence-corrected chi connectivity index (χ0v) is 20.5. The van der Waals surface area contributed by atoms with Gasteiger partial charge in [-0.1, -0.05) is 50.2 Å². The Kier molecular flexibility index (Phi) is 6.51. The Morgan fingerprint density at radius 3 is 2.43 bits per heavy atom. The smallest absolute Gasteiger partial charge is 0.251 e. The van der Waals surface area contributed by atoms with Crippen LogP contribution in [0.3, 0.4) is 0 Å². The predicted molar refractivity (Wildman–Crippen MR) is 140 cm³/mol. The van der Waals surface area contributed by atoms with Crippen molar-refractivity contribution in [2.75, 3.05) is 18.9 Å². The molecule has 35 heavy (non-hydrogen) atoms. The summed E-state index contributed by atoms with van der Waals surface area (Å²) in [6.45, 7) is 5.98. The van der Waals surface area contributed by atoms with E-state index in [4.69, 9.17) is 9.97 Å². The number of hydrogen-bond donors (Lipinski definition) is 3. The van der Waals surface area contributed by atoms with Crippen molar-refractivity contribution in [3.05, 3.63) is 72.1 Å². The topological polar surface area (TPSA) is 83.3 Å². The van der Waals surface area contributed by atoms with Crippen LogP contribution in [-0.2, 0) is 6.54 Å². The number of hydrogen-bond acceptors (Lipinski definition) is 5. The molecule has 3 N–H and O–H groups in total. The molecule has 2 heterocycles.